The Morgan fingerprint density at radius 2 is 2.31 bits per heavy atom. The summed E-state index contributed by atoms with van der Waals surface area (Å²) < 4.78 is 0. The maximum absolute atomic E-state index is 10.5. The number of carbonyl (C=O) groups excluding carboxylic acids is 1. The van der Waals surface area contributed by atoms with E-state index >= 15 is 0 Å². The summed E-state index contributed by atoms with van der Waals surface area (Å²) >= 11 is 0. The summed E-state index contributed by atoms with van der Waals surface area (Å²) in [5.74, 6) is 5.26. The Balaban J connectivity index is 2.65. The molecule has 3 heteroatoms. The molecule has 0 heterocycles. The van der Waals surface area contributed by atoms with Crippen LogP contribution in [0.3, 0.4) is 0 Å². The van der Waals surface area contributed by atoms with Crippen LogP contribution in [0.1, 0.15) is 24.5 Å². The van der Waals surface area contributed by atoms with Gasteiger partial charge in [-0.05, 0) is 24.2 Å². The second-order valence-electron chi connectivity index (χ2n) is 3.43. The third-order valence-corrected chi connectivity index (χ3v) is 2.00. The average Bonchev–Trinajstić information content (AvgIpc) is 2.26. The van der Waals surface area contributed by atoms with Crippen molar-refractivity contribution >= 4 is 5.91 Å². The fourth-order valence-electron chi connectivity index (χ4n) is 1.26. The summed E-state index contributed by atoms with van der Waals surface area (Å²) in [4.78, 5) is 10.5. The van der Waals surface area contributed by atoms with Crippen molar-refractivity contribution < 1.29 is 4.79 Å². The molecule has 0 aliphatic rings. The van der Waals surface area contributed by atoms with Gasteiger partial charge in [0.1, 0.15) is 0 Å². The summed E-state index contributed by atoms with van der Waals surface area (Å²) in [7, 11) is 0. The smallest absolute Gasteiger partial charge is 0.229 e. The van der Waals surface area contributed by atoms with Crippen molar-refractivity contribution in [1.29, 1.82) is 0 Å². The van der Waals surface area contributed by atoms with Gasteiger partial charge in [-0.25, -0.2) is 0 Å². The molecule has 0 aliphatic heterocycles. The highest BCUT2D eigenvalue weighted by molar-refractivity contribution is 5.76. The molecule has 0 bridgehead atoms. The Hall–Kier alpha value is -1.79. The Morgan fingerprint density at radius 3 is 3.00 bits per heavy atom. The normalized spacial score (nSPS) is 9.31. The Bertz CT molecular complexity index is 415. The standard InChI is InChI=1S/C13H16N2O/c1-2-15-10-12-7-3-5-11(9-12)6-4-8-13(14)16/h3,5,7,9,15H,2,8,10H2,1H3,(H2,14,16). The summed E-state index contributed by atoms with van der Waals surface area (Å²) in [5, 5.41) is 3.24. The number of rotatable bonds is 4. The molecule has 1 aromatic rings. The van der Waals surface area contributed by atoms with Gasteiger partial charge < -0.3 is 11.1 Å². The van der Waals surface area contributed by atoms with E-state index in [1.807, 2.05) is 24.3 Å². The summed E-state index contributed by atoms with van der Waals surface area (Å²) in [6.07, 6.45) is 0.109. The van der Waals surface area contributed by atoms with Gasteiger partial charge in [-0.1, -0.05) is 30.9 Å². The lowest BCUT2D eigenvalue weighted by Crippen LogP contribution is -2.11. The summed E-state index contributed by atoms with van der Waals surface area (Å²) in [6.45, 7) is 3.84. The summed E-state index contributed by atoms with van der Waals surface area (Å²) in [5.41, 5.74) is 7.10. The molecule has 0 spiro atoms. The van der Waals surface area contributed by atoms with Gasteiger partial charge in [-0.15, -0.1) is 0 Å². The fraction of sp³-hybridized carbons (Fsp3) is 0.308. The lowest BCUT2D eigenvalue weighted by molar-refractivity contribution is -0.117. The van der Waals surface area contributed by atoms with Crippen molar-refractivity contribution in [1.82, 2.24) is 5.32 Å². The lowest BCUT2D eigenvalue weighted by Gasteiger charge is -2.01. The molecule has 1 rings (SSSR count). The second-order valence-corrected chi connectivity index (χ2v) is 3.43. The molecule has 16 heavy (non-hydrogen) atoms. The zero-order chi connectivity index (χ0) is 11.8. The van der Waals surface area contributed by atoms with Crippen molar-refractivity contribution in [2.24, 2.45) is 5.73 Å². The maximum atomic E-state index is 10.5. The van der Waals surface area contributed by atoms with Crippen LogP contribution >= 0.6 is 0 Å². The van der Waals surface area contributed by atoms with Gasteiger partial charge in [-0.3, -0.25) is 4.79 Å². The Kier molecular flexibility index (Phi) is 5.10. The molecule has 0 atom stereocenters. The van der Waals surface area contributed by atoms with E-state index in [0.29, 0.717) is 0 Å². The van der Waals surface area contributed by atoms with E-state index in [1.165, 1.54) is 5.56 Å². The number of amides is 1. The predicted octanol–water partition coefficient (Wildman–Crippen LogP) is 1.02. The number of primary amides is 1. The minimum atomic E-state index is -0.392. The topological polar surface area (TPSA) is 55.1 Å². The maximum Gasteiger partial charge on any atom is 0.229 e. The van der Waals surface area contributed by atoms with Gasteiger partial charge in [0.2, 0.25) is 5.91 Å². The number of hydrogen-bond donors (Lipinski definition) is 2. The van der Waals surface area contributed by atoms with E-state index in [0.717, 1.165) is 18.7 Å². The van der Waals surface area contributed by atoms with Crippen LogP contribution in [0.4, 0.5) is 0 Å². The van der Waals surface area contributed by atoms with Crippen molar-refractivity contribution in [2.75, 3.05) is 6.54 Å². The van der Waals surface area contributed by atoms with Gasteiger partial charge in [-0.2, -0.15) is 0 Å². The first kappa shape index (κ1) is 12.3. The van der Waals surface area contributed by atoms with Gasteiger partial charge >= 0.3 is 0 Å². The molecule has 0 aliphatic carbocycles. The highest BCUT2D eigenvalue weighted by atomic mass is 16.1. The van der Waals surface area contributed by atoms with E-state index in [-0.39, 0.29) is 6.42 Å². The van der Waals surface area contributed by atoms with E-state index in [1.54, 1.807) is 0 Å². The third-order valence-electron chi connectivity index (χ3n) is 2.00. The van der Waals surface area contributed by atoms with Gasteiger partial charge in [0, 0.05) is 12.1 Å². The van der Waals surface area contributed by atoms with Crippen molar-refractivity contribution in [3.63, 3.8) is 0 Å². The zero-order valence-corrected chi connectivity index (χ0v) is 9.42. The molecule has 0 unspecified atom stereocenters. The predicted molar refractivity (Wildman–Crippen MR) is 64.5 cm³/mol. The SMILES string of the molecule is CCNCc1cccc(C#CCC(N)=O)c1. The van der Waals surface area contributed by atoms with E-state index < -0.39 is 5.91 Å². The Morgan fingerprint density at radius 1 is 1.50 bits per heavy atom. The minimum absolute atomic E-state index is 0.109. The molecular formula is C13H16N2O. The van der Waals surface area contributed by atoms with Crippen LogP contribution in [0.25, 0.3) is 0 Å². The summed E-state index contributed by atoms with van der Waals surface area (Å²) in [6, 6.07) is 7.93. The van der Waals surface area contributed by atoms with Gasteiger partial charge in [0.05, 0.1) is 6.42 Å². The molecule has 3 N–H and O–H groups in total. The number of nitrogens with one attached hydrogen (secondary N) is 1. The number of nitrogens with two attached hydrogens (primary N) is 1. The van der Waals surface area contributed by atoms with Crippen molar-refractivity contribution in [3.05, 3.63) is 35.4 Å². The molecule has 84 valence electrons. The second kappa shape index (κ2) is 6.65. The van der Waals surface area contributed by atoms with Crippen LogP contribution < -0.4 is 11.1 Å². The average molecular weight is 216 g/mol. The first-order valence-electron chi connectivity index (χ1n) is 5.29. The third kappa shape index (κ3) is 4.63. The quantitative estimate of drug-likeness (QED) is 0.738. The minimum Gasteiger partial charge on any atom is -0.369 e. The van der Waals surface area contributed by atoms with Crippen molar-refractivity contribution in [3.8, 4) is 11.8 Å². The van der Waals surface area contributed by atoms with Crippen molar-refractivity contribution in [2.45, 2.75) is 19.9 Å². The van der Waals surface area contributed by atoms with Crippen LogP contribution in [0, 0.1) is 11.8 Å². The molecule has 0 saturated heterocycles. The van der Waals surface area contributed by atoms with E-state index in [9.17, 15) is 4.79 Å². The van der Waals surface area contributed by atoms with Crippen LogP contribution in [0.2, 0.25) is 0 Å². The molecule has 3 nitrogen and oxygen atoms in total. The molecule has 0 radical (unpaired) electrons. The zero-order valence-electron chi connectivity index (χ0n) is 9.42. The number of carbonyl (C=O) groups is 1. The lowest BCUT2D eigenvalue weighted by atomic mass is 10.1. The monoisotopic (exact) mass is 216 g/mol. The molecular weight excluding hydrogens is 200 g/mol. The first-order valence-corrected chi connectivity index (χ1v) is 5.29. The van der Waals surface area contributed by atoms with E-state index in [4.69, 9.17) is 5.73 Å². The number of benzene rings is 1. The van der Waals surface area contributed by atoms with Crippen LogP contribution in [-0.4, -0.2) is 12.5 Å². The molecule has 1 amide bonds. The van der Waals surface area contributed by atoms with Crippen LogP contribution in [0.5, 0.6) is 0 Å². The molecule has 0 fully saturated rings. The molecule has 0 aromatic heterocycles. The number of hydrogen-bond acceptors (Lipinski definition) is 2. The van der Waals surface area contributed by atoms with Gasteiger partial charge in [0.25, 0.3) is 0 Å². The van der Waals surface area contributed by atoms with Crippen LogP contribution in [-0.2, 0) is 11.3 Å². The van der Waals surface area contributed by atoms with Gasteiger partial charge in [0.15, 0.2) is 0 Å². The molecule has 0 saturated carbocycles. The Labute approximate surface area is 96.0 Å². The first-order chi connectivity index (χ1) is 7.72. The largest absolute Gasteiger partial charge is 0.369 e. The highest BCUT2D eigenvalue weighted by Crippen LogP contribution is 2.03. The van der Waals surface area contributed by atoms with E-state index in [2.05, 4.69) is 24.1 Å². The van der Waals surface area contributed by atoms with Crippen LogP contribution in [0.15, 0.2) is 24.3 Å². The highest BCUT2D eigenvalue weighted by Gasteiger charge is 1.93. The fourth-order valence-corrected chi connectivity index (χ4v) is 1.26. The molecule has 1 aromatic carbocycles.